The number of unbranched alkanes of at least 4 members (excludes halogenated alkanes) is 11. The Balaban J connectivity index is -0.000000162. The first-order chi connectivity index (χ1) is 20.7. The van der Waals surface area contributed by atoms with Crippen LogP contribution in [-0.4, -0.2) is 44.1 Å². The second-order valence-electron chi connectivity index (χ2n) is 15.8. The molecular formula is C38H72BiNO6. The molecule has 0 saturated heterocycles. The van der Waals surface area contributed by atoms with Gasteiger partial charge in [0.1, 0.15) is 0 Å². The van der Waals surface area contributed by atoms with Gasteiger partial charge in [0.15, 0.2) is 0 Å². The first kappa shape index (κ1) is 54.2. The third kappa shape index (κ3) is 73.9. The smallest absolute Gasteiger partial charge is 0.550 e. The predicted octanol–water partition coefficient (Wildman–Crippen LogP) is 7.69. The summed E-state index contributed by atoms with van der Waals surface area (Å²) in [5.41, 5.74) is 1.13. The number of carboxylic acids is 3. The van der Waals surface area contributed by atoms with Gasteiger partial charge in [-0.1, -0.05) is 133 Å². The van der Waals surface area contributed by atoms with E-state index >= 15 is 0 Å². The summed E-state index contributed by atoms with van der Waals surface area (Å²) < 4.78 is 0. The first-order valence-electron chi connectivity index (χ1n) is 17.6. The van der Waals surface area contributed by atoms with Crippen molar-refractivity contribution in [2.45, 2.75) is 204 Å². The van der Waals surface area contributed by atoms with Gasteiger partial charge in [0.05, 0.1) is 6.07 Å². The van der Waals surface area contributed by atoms with Crippen LogP contribution in [0, 0.1) is 27.6 Å². The number of carbonyl (C=O) groups is 3. The normalized spacial score (nSPS) is 10.8. The summed E-state index contributed by atoms with van der Waals surface area (Å²) in [7, 11) is 0. The van der Waals surface area contributed by atoms with Crippen LogP contribution < -0.4 is 15.3 Å². The fourth-order valence-electron chi connectivity index (χ4n) is 4.11. The van der Waals surface area contributed by atoms with Gasteiger partial charge in [0, 0.05) is 24.3 Å². The number of hydrogen-bond acceptors (Lipinski definition) is 7. The van der Waals surface area contributed by atoms with Crippen LogP contribution in [-0.2, 0) is 14.4 Å². The van der Waals surface area contributed by atoms with Gasteiger partial charge in [-0.15, -0.1) is 0 Å². The molecule has 8 heteroatoms. The van der Waals surface area contributed by atoms with Crippen LogP contribution in [0.1, 0.15) is 204 Å². The van der Waals surface area contributed by atoms with Gasteiger partial charge in [-0.3, -0.25) is 0 Å². The van der Waals surface area contributed by atoms with Crippen molar-refractivity contribution in [3.8, 4) is 6.07 Å². The SMILES string of the molecule is CC(C)(C)CCCCCC(=O)[O-].CC(C)(C)CCCCCC(=O)[O-].CC(C)(C)CCCCCC(=O)[O-].CCCCCCCC#N.[Bi+3]. The van der Waals surface area contributed by atoms with Crippen molar-refractivity contribution in [2.75, 3.05) is 0 Å². The number of carbonyl (C=O) groups excluding carboxylic acids is 3. The van der Waals surface area contributed by atoms with Crippen LogP contribution in [0.5, 0.6) is 0 Å². The van der Waals surface area contributed by atoms with Crippen molar-refractivity contribution < 1.29 is 29.7 Å². The Morgan fingerprint density at radius 3 is 0.957 bits per heavy atom. The molecule has 0 saturated carbocycles. The molecule has 0 bridgehead atoms. The molecule has 0 heterocycles. The largest absolute Gasteiger partial charge is 3.00 e. The van der Waals surface area contributed by atoms with E-state index in [2.05, 4.69) is 75.3 Å². The van der Waals surface area contributed by atoms with Gasteiger partial charge >= 0.3 is 26.2 Å². The third-order valence-electron chi connectivity index (χ3n) is 6.82. The minimum atomic E-state index is -0.925. The molecule has 0 aromatic carbocycles. The first-order valence-corrected chi connectivity index (χ1v) is 17.6. The molecule has 0 aliphatic rings. The minimum Gasteiger partial charge on any atom is -0.550 e. The Hall–Kier alpha value is -1.22. The molecule has 0 fully saturated rings. The summed E-state index contributed by atoms with van der Waals surface area (Å²) >= 11 is 0. The number of aliphatic carboxylic acids is 3. The summed E-state index contributed by atoms with van der Waals surface area (Å²) in [6.45, 7) is 22.0. The number of rotatable bonds is 20. The molecule has 270 valence electrons. The fraction of sp³-hybridized carbons (Fsp3) is 0.895. The van der Waals surface area contributed by atoms with Crippen molar-refractivity contribution >= 4 is 44.1 Å². The Kier molecular flexibility index (Phi) is 41.4. The molecule has 0 amide bonds. The van der Waals surface area contributed by atoms with Gasteiger partial charge < -0.3 is 29.7 Å². The number of hydrogen-bond donors (Lipinski definition) is 0. The van der Waals surface area contributed by atoms with Gasteiger partial charge in [-0.2, -0.15) is 5.26 Å². The molecule has 0 aromatic rings. The monoisotopic (exact) mass is 848 g/mol. The Labute approximate surface area is 304 Å². The zero-order valence-corrected chi connectivity index (χ0v) is 35.2. The van der Waals surface area contributed by atoms with Crippen molar-refractivity contribution in [1.29, 1.82) is 5.26 Å². The fourth-order valence-corrected chi connectivity index (χ4v) is 4.11. The van der Waals surface area contributed by atoms with E-state index in [-0.39, 0.29) is 45.5 Å². The third-order valence-corrected chi connectivity index (χ3v) is 6.82. The van der Waals surface area contributed by atoms with Crippen molar-refractivity contribution in [1.82, 2.24) is 0 Å². The Morgan fingerprint density at radius 1 is 0.478 bits per heavy atom. The second kappa shape index (κ2) is 35.1. The van der Waals surface area contributed by atoms with E-state index < -0.39 is 17.9 Å². The molecule has 0 N–H and O–H groups in total. The van der Waals surface area contributed by atoms with E-state index in [1.807, 2.05) is 0 Å². The molecule has 46 heavy (non-hydrogen) atoms. The maximum Gasteiger partial charge on any atom is 3.00 e. The van der Waals surface area contributed by atoms with Crippen LogP contribution >= 0.6 is 0 Å². The van der Waals surface area contributed by atoms with E-state index in [9.17, 15) is 29.7 Å². The average Bonchev–Trinajstić information content (AvgIpc) is 2.87. The Bertz CT molecular complexity index is 661. The van der Waals surface area contributed by atoms with Crippen LogP contribution in [0.3, 0.4) is 0 Å². The zero-order chi connectivity index (χ0) is 35.8. The van der Waals surface area contributed by atoms with E-state index in [1.54, 1.807) is 0 Å². The van der Waals surface area contributed by atoms with E-state index in [4.69, 9.17) is 5.26 Å². The maximum atomic E-state index is 10.0. The standard InChI is InChI=1S/3C10H20O2.C8H15N.Bi/c3*1-10(2,3)8-6-4-5-7-9(11)12;1-2-3-4-5-6-7-8-9;/h3*4-8H2,1-3H3,(H,11,12);2-7H2,1H3;/q;;;;+3/p-3. The molecule has 0 spiro atoms. The number of carboxylic acid groups (broad SMARTS) is 3. The summed E-state index contributed by atoms with van der Waals surface area (Å²) in [5, 5.41) is 38.3. The summed E-state index contributed by atoms with van der Waals surface area (Å²) in [6.07, 6.45) is 19.8. The topological polar surface area (TPSA) is 144 Å². The number of nitrogens with zero attached hydrogens (tertiary/aromatic N) is 1. The molecule has 0 rings (SSSR count). The molecule has 2 radical (unpaired) electrons. The Morgan fingerprint density at radius 2 is 0.739 bits per heavy atom. The van der Waals surface area contributed by atoms with Crippen molar-refractivity contribution in [3.63, 3.8) is 0 Å². The molecule has 0 aliphatic heterocycles. The van der Waals surface area contributed by atoms with Crippen molar-refractivity contribution in [3.05, 3.63) is 0 Å². The van der Waals surface area contributed by atoms with Crippen LogP contribution in [0.2, 0.25) is 0 Å². The van der Waals surface area contributed by atoms with E-state index in [0.29, 0.717) is 16.2 Å². The minimum absolute atomic E-state index is 0. The van der Waals surface area contributed by atoms with Gasteiger partial charge in [-0.05, 0) is 80.5 Å². The van der Waals surface area contributed by atoms with E-state index in [0.717, 1.165) is 70.6 Å². The van der Waals surface area contributed by atoms with E-state index in [1.165, 1.54) is 44.9 Å². The second-order valence-corrected chi connectivity index (χ2v) is 15.8. The summed E-state index contributed by atoms with van der Waals surface area (Å²) in [5.74, 6) is -2.78. The van der Waals surface area contributed by atoms with Gasteiger partial charge in [0.2, 0.25) is 0 Å². The van der Waals surface area contributed by atoms with Crippen molar-refractivity contribution in [2.24, 2.45) is 16.2 Å². The summed E-state index contributed by atoms with van der Waals surface area (Å²) in [6, 6.07) is 2.14. The van der Waals surface area contributed by atoms with Gasteiger partial charge in [-0.25, -0.2) is 0 Å². The molecule has 0 atom stereocenters. The maximum absolute atomic E-state index is 10.0. The van der Waals surface area contributed by atoms with Gasteiger partial charge in [0.25, 0.3) is 0 Å². The molecule has 7 nitrogen and oxygen atoms in total. The molecule has 0 aromatic heterocycles. The zero-order valence-electron chi connectivity index (χ0n) is 31.7. The van der Waals surface area contributed by atoms with Crippen LogP contribution in [0.4, 0.5) is 0 Å². The predicted molar refractivity (Wildman–Crippen MR) is 187 cm³/mol. The quantitative estimate of drug-likeness (QED) is 0.0903. The number of nitriles is 1. The molecular weight excluding hydrogens is 775 g/mol. The molecule has 0 aliphatic carbocycles. The average molecular weight is 848 g/mol. The summed E-state index contributed by atoms with van der Waals surface area (Å²) in [4.78, 5) is 30.1. The van der Waals surface area contributed by atoms with Crippen LogP contribution in [0.25, 0.3) is 0 Å². The van der Waals surface area contributed by atoms with Crippen LogP contribution in [0.15, 0.2) is 0 Å². The molecule has 0 unspecified atom stereocenters.